The maximum Gasteiger partial charge on any atom is 0.490 e. The molecule has 0 unspecified atom stereocenters. The van der Waals surface area contributed by atoms with Crippen LogP contribution in [-0.4, -0.2) is 49.2 Å². The molecule has 3 heterocycles. The van der Waals surface area contributed by atoms with E-state index < -0.39 is 18.2 Å². The zero-order chi connectivity index (χ0) is 33.7. The summed E-state index contributed by atoms with van der Waals surface area (Å²) in [6.07, 6.45) is -1.72. The van der Waals surface area contributed by atoms with Crippen LogP contribution in [0.4, 0.5) is 13.2 Å². The Morgan fingerprint density at radius 2 is 1.83 bits per heavy atom. The minimum atomic E-state index is -5.08. The quantitative estimate of drug-likeness (QED) is 0.151. The molecule has 240 valence electrons. The van der Waals surface area contributed by atoms with E-state index in [1.54, 1.807) is 30.3 Å². The van der Waals surface area contributed by atoms with Crippen molar-refractivity contribution in [1.82, 2.24) is 25.5 Å². The van der Waals surface area contributed by atoms with Gasteiger partial charge >= 0.3 is 12.1 Å². The number of pyridine rings is 1. The number of nitrogens with one attached hydrogen (secondary N) is 2. The van der Waals surface area contributed by atoms with Crippen molar-refractivity contribution >= 4 is 29.3 Å². The Kier molecular flexibility index (Phi) is 9.46. The van der Waals surface area contributed by atoms with Gasteiger partial charge in [-0.05, 0) is 58.5 Å². The van der Waals surface area contributed by atoms with Crippen LogP contribution in [0.1, 0.15) is 38.8 Å². The van der Waals surface area contributed by atoms with Crippen LogP contribution in [0.2, 0.25) is 5.02 Å². The summed E-state index contributed by atoms with van der Waals surface area (Å²) in [6.45, 7) is 0.563. The van der Waals surface area contributed by atoms with Gasteiger partial charge in [0.15, 0.2) is 6.20 Å². The van der Waals surface area contributed by atoms with Crippen molar-refractivity contribution in [1.29, 1.82) is 0 Å². The number of tetrazole rings is 1. The number of aromatic nitrogens is 5. The number of carbonyl (C=O) groups excluding carboxylic acids is 1. The smallest absolute Gasteiger partial charge is 0.490 e. The number of amidine groups is 1. The number of amides is 1. The molecule has 0 saturated heterocycles. The number of fused-ring (bicyclic) bond motifs is 1. The Labute approximate surface area is 269 Å². The van der Waals surface area contributed by atoms with Gasteiger partial charge in [0, 0.05) is 39.8 Å². The van der Waals surface area contributed by atoms with Crippen molar-refractivity contribution in [2.75, 3.05) is 0 Å². The van der Waals surface area contributed by atoms with Crippen LogP contribution in [0, 0.1) is 5.21 Å². The summed E-state index contributed by atoms with van der Waals surface area (Å²) >= 11 is 6.29. The SMILES string of the molecule is NC1=[NH+]Cc2cc(C(=O)N[C@@H](Cc3ccccc3)c3ccc(-c4cc(Cl)ccc4-n4cnnn4)c[n+]3[O-])ccc21.O=C(O)C(F)(F)F. The van der Waals surface area contributed by atoms with Gasteiger partial charge in [-0.2, -0.15) is 22.6 Å². The second-order valence-electron chi connectivity index (χ2n) is 10.2. The van der Waals surface area contributed by atoms with Gasteiger partial charge in [-0.25, -0.2) is 4.79 Å². The molecule has 1 atom stereocenters. The molecule has 12 nitrogen and oxygen atoms in total. The van der Waals surface area contributed by atoms with Gasteiger partial charge in [-0.3, -0.25) is 15.5 Å². The lowest BCUT2D eigenvalue weighted by Crippen LogP contribution is -2.70. The van der Waals surface area contributed by atoms with Crippen LogP contribution in [-0.2, 0) is 17.8 Å². The highest BCUT2D eigenvalue weighted by molar-refractivity contribution is 6.31. The molecule has 1 amide bonds. The molecule has 0 aliphatic carbocycles. The molecular formula is C31H25ClF3N8O4+. The van der Waals surface area contributed by atoms with Crippen LogP contribution >= 0.6 is 11.6 Å². The predicted molar refractivity (Wildman–Crippen MR) is 162 cm³/mol. The van der Waals surface area contributed by atoms with Crippen LogP contribution in [0.15, 0.2) is 91.4 Å². The number of halogens is 4. The number of hydrogen-bond donors (Lipinski definition) is 4. The second-order valence-corrected chi connectivity index (χ2v) is 10.7. The van der Waals surface area contributed by atoms with E-state index in [2.05, 4.69) is 25.8 Å². The Bertz CT molecular complexity index is 1950. The van der Waals surface area contributed by atoms with Gasteiger partial charge in [-0.1, -0.05) is 41.9 Å². The van der Waals surface area contributed by atoms with Crippen LogP contribution < -0.4 is 20.8 Å². The maximum absolute atomic E-state index is 13.5. The highest BCUT2D eigenvalue weighted by atomic mass is 35.5. The average molecular weight is 666 g/mol. The van der Waals surface area contributed by atoms with Crippen molar-refractivity contribution in [3.05, 3.63) is 130 Å². The number of carboxylic acids is 1. The molecular weight excluding hydrogens is 641 g/mol. The number of aliphatic carboxylic acids is 1. The predicted octanol–water partition coefficient (Wildman–Crippen LogP) is 2.26. The maximum atomic E-state index is 13.5. The minimum Gasteiger partial charge on any atom is -0.618 e. The molecule has 0 bridgehead atoms. The molecule has 1 aliphatic rings. The summed E-state index contributed by atoms with van der Waals surface area (Å²) < 4.78 is 34.0. The molecule has 0 saturated carbocycles. The van der Waals surface area contributed by atoms with E-state index in [0.717, 1.165) is 21.4 Å². The van der Waals surface area contributed by atoms with E-state index in [4.69, 9.17) is 27.2 Å². The zero-order valence-electron chi connectivity index (χ0n) is 24.1. The Morgan fingerprint density at radius 3 is 2.49 bits per heavy atom. The van der Waals surface area contributed by atoms with E-state index in [1.807, 2.05) is 48.5 Å². The largest absolute Gasteiger partial charge is 0.618 e. The van der Waals surface area contributed by atoms with Crippen molar-refractivity contribution in [3.8, 4) is 16.8 Å². The van der Waals surface area contributed by atoms with Crippen molar-refractivity contribution in [3.63, 3.8) is 0 Å². The number of rotatable bonds is 7. The molecule has 0 fully saturated rings. The molecule has 0 radical (unpaired) electrons. The lowest BCUT2D eigenvalue weighted by atomic mass is 9.99. The molecule has 5 N–H and O–H groups in total. The van der Waals surface area contributed by atoms with Gasteiger partial charge in [0.25, 0.3) is 11.7 Å². The van der Waals surface area contributed by atoms with Crippen LogP contribution in [0.25, 0.3) is 16.8 Å². The summed E-state index contributed by atoms with van der Waals surface area (Å²) in [5.74, 6) is -2.44. The second kappa shape index (κ2) is 13.7. The van der Waals surface area contributed by atoms with Crippen LogP contribution in [0.3, 0.4) is 0 Å². The first-order chi connectivity index (χ1) is 22.4. The Morgan fingerprint density at radius 1 is 1.09 bits per heavy atom. The third-order valence-corrected chi connectivity index (χ3v) is 7.36. The van der Waals surface area contributed by atoms with E-state index in [9.17, 15) is 23.2 Å². The Hall–Kier alpha value is -5.83. The molecule has 5 aromatic rings. The average Bonchev–Trinajstić information content (AvgIpc) is 3.71. The molecule has 6 rings (SSSR count). The highest BCUT2D eigenvalue weighted by Gasteiger charge is 2.38. The fourth-order valence-corrected chi connectivity index (χ4v) is 5.06. The van der Waals surface area contributed by atoms with E-state index >= 15 is 0 Å². The first-order valence-corrected chi connectivity index (χ1v) is 14.2. The minimum absolute atomic E-state index is 0.283. The summed E-state index contributed by atoms with van der Waals surface area (Å²) in [6, 6.07) is 23.3. The summed E-state index contributed by atoms with van der Waals surface area (Å²) in [5.41, 5.74) is 11.7. The lowest BCUT2D eigenvalue weighted by molar-refractivity contribution is -0.615. The first-order valence-electron chi connectivity index (χ1n) is 13.8. The first kappa shape index (κ1) is 32.6. The number of carboxylic acid groups (broad SMARTS) is 1. The van der Waals surface area contributed by atoms with Gasteiger partial charge in [-0.15, -0.1) is 5.10 Å². The molecule has 1 aliphatic heterocycles. The molecule has 16 heteroatoms. The number of carbonyl (C=O) groups is 2. The summed E-state index contributed by atoms with van der Waals surface area (Å²) in [4.78, 5) is 25.4. The third kappa shape index (κ3) is 7.70. The zero-order valence-corrected chi connectivity index (χ0v) is 24.9. The van der Waals surface area contributed by atoms with Crippen molar-refractivity contribution < 1.29 is 37.6 Å². The summed E-state index contributed by atoms with van der Waals surface area (Å²) in [7, 11) is 0. The van der Waals surface area contributed by atoms with Crippen molar-refractivity contribution in [2.24, 2.45) is 5.73 Å². The number of nitrogens with zero attached hydrogens (tertiary/aromatic N) is 5. The number of nitrogens with two attached hydrogens (primary N) is 1. The fraction of sp³-hybridized carbons (Fsp3) is 0.129. The number of benzene rings is 3. The molecule has 47 heavy (non-hydrogen) atoms. The van der Waals surface area contributed by atoms with Gasteiger partial charge in [0.1, 0.15) is 18.9 Å². The number of nitrogen functional groups attached to an aromatic ring is 1. The Balaban J connectivity index is 0.000000559. The molecule has 0 spiro atoms. The highest BCUT2D eigenvalue weighted by Crippen LogP contribution is 2.29. The topological polar surface area (TPSA) is 177 Å². The van der Waals surface area contributed by atoms with E-state index in [0.29, 0.717) is 51.9 Å². The number of hydrogen-bond acceptors (Lipinski definition) is 7. The third-order valence-electron chi connectivity index (χ3n) is 7.12. The van der Waals surface area contributed by atoms with E-state index in [1.165, 1.54) is 17.2 Å². The van der Waals surface area contributed by atoms with Gasteiger partial charge in [0.2, 0.25) is 5.69 Å². The normalized spacial score (nSPS) is 12.7. The number of alkyl halides is 3. The molecule has 2 aromatic heterocycles. The lowest BCUT2D eigenvalue weighted by Gasteiger charge is -2.19. The van der Waals surface area contributed by atoms with Crippen molar-refractivity contribution in [2.45, 2.75) is 25.2 Å². The van der Waals surface area contributed by atoms with Gasteiger partial charge in [0.05, 0.1) is 11.3 Å². The van der Waals surface area contributed by atoms with Crippen LogP contribution in [0.5, 0.6) is 0 Å². The van der Waals surface area contributed by atoms with E-state index in [-0.39, 0.29) is 5.91 Å². The molecule has 3 aromatic carbocycles. The van der Waals surface area contributed by atoms with Gasteiger partial charge < -0.3 is 15.6 Å². The summed E-state index contributed by atoms with van der Waals surface area (Å²) in [5, 5.41) is 35.6. The monoisotopic (exact) mass is 665 g/mol. The standard InChI is InChI=1S/C29H23ClN8O2.C2HF3O2/c30-22-8-11-26(37-17-33-35-36-37)24(14-22)20-7-10-27(38(40)16-20)25(12-18-4-2-1-3-5-18)34-29(39)19-6-9-23-21(13-19)15-32-28(23)31;3-2(4,5)1(6)7/h1-11,13-14,16-17,25H,12,15H2,(H2,31,32)(H,34,39);(H,6,7)/p+1/t25-;/m0./s1. The fourth-order valence-electron chi connectivity index (χ4n) is 4.88.